The maximum atomic E-state index is 11.2. The average Bonchev–Trinajstić information content (AvgIpc) is 3.00. The number of nitro benzene ring substituents is 2. The summed E-state index contributed by atoms with van der Waals surface area (Å²) in [5.41, 5.74) is 2.58. The van der Waals surface area contributed by atoms with Crippen molar-refractivity contribution >= 4 is 22.3 Å². The van der Waals surface area contributed by atoms with Crippen molar-refractivity contribution < 1.29 is 9.85 Å². The molecule has 2 aromatic carbocycles. The third kappa shape index (κ3) is 2.75. The summed E-state index contributed by atoms with van der Waals surface area (Å²) in [6, 6.07) is 12.5. The van der Waals surface area contributed by atoms with Crippen LogP contribution in [0.4, 0.5) is 11.4 Å². The van der Waals surface area contributed by atoms with Crippen LogP contribution >= 0.6 is 0 Å². The lowest BCUT2D eigenvalue weighted by Crippen LogP contribution is -2.02. The SMILES string of the molecule is Cc1c(-c2cccc([N+](=O)[O-])c2)n(-c2ncccn2)c2ccc([N+](=O)[O-])cc12. The fraction of sp³-hybridized carbons (Fsp3) is 0.0526. The molecule has 0 amide bonds. The van der Waals surface area contributed by atoms with Crippen LogP contribution in [-0.2, 0) is 0 Å². The van der Waals surface area contributed by atoms with E-state index in [1.807, 2.05) is 6.92 Å². The van der Waals surface area contributed by atoms with Crippen molar-refractivity contribution in [3.63, 3.8) is 0 Å². The Hall–Kier alpha value is -4.14. The predicted octanol–water partition coefficient (Wildman–Crippen LogP) is 4.21. The number of aryl methyl sites for hydroxylation is 1. The Balaban J connectivity index is 2.09. The van der Waals surface area contributed by atoms with Crippen molar-refractivity contribution in [1.29, 1.82) is 0 Å². The van der Waals surface area contributed by atoms with Gasteiger partial charge in [-0.2, -0.15) is 0 Å². The first-order valence-corrected chi connectivity index (χ1v) is 8.29. The molecule has 0 saturated carbocycles. The van der Waals surface area contributed by atoms with Gasteiger partial charge in [0.2, 0.25) is 5.95 Å². The summed E-state index contributed by atoms with van der Waals surface area (Å²) in [6.07, 6.45) is 3.18. The third-order valence-electron chi connectivity index (χ3n) is 4.50. The van der Waals surface area contributed by atoms with Gasteiger partial charge in [-0.05, 0) is 24.6 Å². The third-order valence-corrected chi connectivity index (χ3v) is 4.50. The van der Waals surface area contributed by atoms with Crippen LogP contribution in [0.25, 0.3) is 28.1 Å². The van der Waals surface area contributed by atoms with Gasteiger partial charge in [-0.25, -0.2) is 9.97 Å². The molecule has 28 heavy (non-hydrogen) atoms. The van der Waals surface area contributed by atoms with Gasteiger partial charge >= 0.3 is 0 Å². The van der Waals surface area contributed by atoms with Gasteiger partial charge in [0, 0.05) is 47.6 Å². The largest absolute Gasteiger partial charge is 0.278 e. The van der Waals surface area contributed by atoms with E-state index in [-0.39, 0.29) is 11.4 Å². The Morgan fingerprint density at radius 3 is 2.25 bits per heavy atom. The molecule has 0 spiro atoms. The summed E-state index contributed by atoms with van der Waals surface area (Å²) in [5.74, 6) is 0.371. The van der Waals surface area contributed by atoms with Crippen molar-refractivity contribution in [3.05, 3.63) is 86.7 Å². The van der Waals surface area contributed by atoms with Gasteiger partial charge in [0.05, 0.1) is 21.1 Å². The molecule has 2 aromatic heterocycles. The van der Waals surface area contributed by atoms with Gasteiger partial charge in [0.25, 0.3) is 11.4 Å². The van der Waals surface area contributed by atoms with Crippen LogP contribution in [0.3, 0.4) is 0 Å². The Labute approximate surface area is 158 Å². The maximum Gasteiger partial charge on any atom is 0.270 e. The zero-order chi connectivity index (χ0) is 19.8. The zero-order valence-electron chi connectivity index (χ0n) is 14.6. The molecular formula is C19H13N5O4. The molecule has 0 unspecified atom stereocenters. The van der Waals surface area contributed by atoms with Gasteiger partial charge in [0.1, 0.15) is 0 Å². The number of nitro groups is 2. The van der Waals surface area contributed by atoms with Gasteiger partial charge in [-0.15, -0.1) is 0 Å². The van der Waals surface area contributed by atoms with E-state index in [0.717, 1.165) is 5.56 Å². The summed E-state index contributed by atoms with van der Waals surface area (Å²) in [4.78, 5) is 30.1. The molecule has 4 aromatic rings. The molecule has 4 rings (SSSR count). The summed E-state index contributed by atoms with van der Waals surface area (Å²) in [7, 11) is 0. The first-order chi connectivity index (χ1) is 13.5. The van der Waals surface area contributed by atoms with Gasteiger partial charge in [-0.3, -0.25) is 24.8 Å². The maximum absolute atomic E-state index is 11.2. The summed E-state index contributed by atoms with van der Waals surface area (Å²) < 4.78 is 1.76. The molecule has 0 fully saturated rings. The van der Waals surface area contributed by atoms with Crippen LogP contribution in [0, 0.1) is 27.2 Å². The molecule has 0 radical (unpaired) electrons. The monoisotopic (exact) mass is 375 g/mol. The highest BCUT2D eigenvalue weighted by molar-refractivity contribution is 5.94. The van der Waals surface area contributed by atoms with Gasteiger partial charge < -0.3 is 0 Å². The predicted molar refractivity (Wildman–Crippen MR) is 102 cm³/mol. The molecule has 0 aliphatic carbocycles. The van der Waals surface area contributed by atoms with Crippen LogP contribution in [0.2, 0.25) is 0 Å². The minimum Gasteiger partial charge on any atom is -0.278 e. The number of fused-ring (bicyclic) bond motifs is 1. The van der Waals surface area contributed by atoms with Crippen molar-refractivity contribution in [2.24, 2.45) is 0 Å². The molecular weight excluding hydrogens is 362 g/mol. The second-order valence-corrected chi connectivity index (χ2v) is 6.12. The summed E-state index contributed by atoms with van der Waals surface area (Å²) in [6.45, 7) is 1.82. The standard InChI is InChI=1S/C19H13N5O4/c1-12-16-11-15(24(27)28)6-7-17(16)22(19-20-8-3-9-21-19)18(12)13-4-2-5-14(10-13)23(25)26/h2-11H,1H3. The van der Waals surface area contributed by atoms with E-state index in [9.17, 15) is 20.2 Å². The van der Waals surface area contributed by atoms with Crippen LogP contribution < -0.4 is 0 Å². The highest BCUT2D eigenvalue weighted by atomic mass is 16.6. The van der Waals surface area contributed by atoms with E-state index in [1.54, 1.807) is 41.2 Å². The van der Waals surface area contributed by atoms with Crippen LogP contribution in [0.15, 0.2) is 60.9 Å². The number of hydrogen-bond donors (Lipinski definition) is 0. The van der Waals surface area contributed by atoms with Crippen LogP contribution in [0.5, 0.6) is 0 Å². The van der Waals surface area contributed by atoms with Gasteiger partial charge in [0.15, 0.2) is 0 Å². The fourth-order valence-electron chi connectivity index (χ4n) is 3.28. The molecule has 0 atom stereocenters. The minimum atomic E-state index is -0.463. The molecule has 0 bridgehead atoms. The zero-order valence-corrected chi connectivity index (χ0v) is 14.6. The molecule has 0 aliphatic heterocycles. The molecule has 0 saturated heterocycles. The quantitative estimate of drug-likeness (QED) is 0.389. The second kappa shape index (κ2) is 6.54. The molecule has 9 nitrogen and oxygen atoms in total. The van der Waals surface area contributed by atoms with E-state index < -0.39 is 9.85 Å². The molecule has 2 heterocycles. The lowest BCUT2D eigenvalue weighted by molar-refractivity contribution is -0.384. The molecule has 138 valence electrons. The minimum absolute atomic E-state index is 0.0349. The normalized spacial score (nSPS) is 10.9. The number of nitrogens with zero attached hydrogens (tertiary/aromatic N) is 5. The average molecular weight is 375 g/mol. The first-order valence-electron chi connectivity index (χ1n) is 8.29. The van der Waals surface area contributed by atoms with E-state index in [4.69, 9.17) is 0 Å². The number of aromatic nitrogens is 3. The van der Waals surface area contributed by atoms with E-state index >= 15 is 0 Å². The van der Waals surface area contributed by atoms with Crippen LogP contribution in [0.1, 0.15) is 5.56 Å². The van der Waals surface area contributed by atoms with Gasteiger partial charge in [-0.1, -0.05) is 12.1 Å². The Kier molecular flexibility index (Phi) is 4.04. The van der Waals surface area contributed by atoms with E-state index in [1.165, 1.54) is 24.3 Å². The number of rotatable bonds is 4. The summed E-state index contributed by atoms with van der Waals surface area (Å²) >= 11 is 0. The van der Waals surface area contributed by atoms with Crippen molar-refractivity contribution in [1.82, 2.24) is 14.5 Å². The number of hydrogen-bond acceptors (Lipinski definition) is 6. The molecule has 0 N–H and O–H groups in total. The number of non-ortho nitro benzene ring substituents is 2. The topological polar surface area (TPSA) is 117 Å². The second-order valence-electron chi connectivity index (χ2n) is 6.12. The highest BCUT2D eigenvalue weighted by Gasteiger charge is 2.22. The Morgan fingerprint density at radius 1 is 0.893 bits per heavy atom. The van der Waals surface area contributed by atoms with Crippen molar-refractivity contribution in [2.45, 2.75) is 6.92 Å². The lowest BCUT2D eigenvalue weighted by Gasteiger charge is -2.10. The Morgan fingerprint density at radius 2 is 1.57 bits per heavy atom. The summed E-state index contributed by atoms with van der Waals surface area (Å²) in [5, 5.41) is 23.1. The smallest absolute Gasteiger partial charge is 0.270 e. The Bertz CT molecular complexity index is 1230. The van der Waals surface area contributed by atoms with Crippen molar-refractivity contribution in [3.8, 4) is 17.2 Å². The lowest BCUT2D eigenvalue weighted by atomic mass is 10.1. The first kappa shape index (κ1) is 17.3. The van der Waals surface area contributed by atoms with E-state index in [0.29, 0.717) is 28.1 Å². The van der Waals surface area contributed by atoms with E-state index in [2.05, 4.69) is 9.97 Å². The molecule has 9 heteroatoms. The molecule has 0 aliphatic rings. The number of benzene rings is 2. The highest BCUT2D eigenvalue weighted by Crippen LogP contribution is 2.37. The van der Waals surface area contributed by atoms with Crippen molar-refractivity contribution in [2.75, 3.05) is 0 Å². The fourth-order valence-corrected chi connectivity index (χ4v) is 3.28. The van der Waals surface area contributed by atoms with Crippen LogP contribution in [-0.4, -0.2) is 24.4 Å².